The van der Waals surface area contributed by atoms with Crippen molar-refractivity contribution in [2.24, 2.45) is 17.3 Å². The van der Waals surface area contributed by atoms with Crippen LogP contribution in [-0.2, 0) is 4.79 Å². The van der Waals surface area contributed by atoms with Gasteiger partial charge in [0.1, 0.15) is 5.78 Å². The Balaban J connectivity index is 2.03. The molecule has 0 unspecified atom stereocenters. The van der Waals surface area contributed by atoms with Crippen molar-refractivity contribution in [1.29, 1.82) is 0 Å². The SMILES string of the molecule is O=C1C[C@H]2C[C@@H](O)[C@@H]3CCC[C@]123. The smallest absolute Gasteiger partial charge is 0.140 e. The van der Waals surface area contributed by atoms with Crippen molar-refractivity contribution < 1.29 is 9.90 Å². The molecule has 0 heterocycles. The van der Waals surface area contributed by atoms with Crippen LogP contribution in [0.2, 0.25) is 0 Å². The van der Waals surface area contributed by atoms with E-state index in [-0.39, 0.29) is 11.5 Å². The quantitative estimate of drug-likeness (QED) is 0.585. The minimum atomic E-state index is -0.163. The van der Waals surface area contributed by atoms with Crippen LogP contribution < -0.4 is 0 Å². The number of ketones is 1. The molecule has 1 spiro atoms. The summed E-state index contributed by atoms with van der Waals surface area (Å²) in [5.41, 5.74) is -0.0145. The molecular weight excluding hydrogens is 152 g/mol. The minimum absolute atomic E-state index is 0.0145. The summed E-state index contributed by atoms with van der Waals surface area (Å²) in [4.78, 5) is 11.5. The Kier molecular flexibility index (Phi) is 1.13. The Hall–Kier alpha value is -0.370. The summed E-state index contributed by atoms with van der Waals surface area (Å²) in [7, 11) is 0. The third-order valence-corrected chi connectivity index (χ3v) is 4.44. The summed E-state index contributed by atoms with van der Waals surface area (Å²) in [6, 6.07) is 0. The Labute approximate surface area is 72.0 Å². The maximum atomic E-state index is 11.5. The molecule has 3 aliphatic rings. The zero-order chi connectivity index (χ0) is 8.34. The van der Waals surface area contributed by atoms with Gasteiger partial charge in [-0.15, -0.1) is 0 Å². The molecule has 2 heteroatoms. The fourth-order valence-corrected chi connectivity index (χ4v) is 3.89. The Morgan fingerprint density at radius 3 is 3.00 bits per heavy atom. The summed E-state index contributed by atoms with van der Waals surface area (Å²) in [6.45, 7) is 0. The van der Waals surface area contributed by atoms with E-state index in [0.717, 1.165) is 32.1 Å². The van der Waals surface area contributed by atoms with E-state index in [1.807, 2.05) is 0 Å². The lowest BCUT2D eigenvalue weighted by Gasteiger charge is -2.43. The molecule has 0 aromatic carbocycles. The summed E-state index contributed by atoms with van der Waals surface area (Å²) >= 11 is 0. The summed E-state index contributed by atoms with van der Waals surface area (Å²) in [6.07, 6.45) is 4.80. The second-order valence-electron chi connectivity index (χ2n) is 4.67. The molecule has 2 nitrogen and oxygen atoms in total. The largest absolute Gasteiger partial charge is 0.393 e. The maximum absolute atomic E-state index is 11.5. The van der Waals surface area contributed by atoms with Crippen molar-refractivity contribution >= 4 is 5.78 Å². The maximum Gasteiger partial charge on any atom is 0.140 e. The number of carbonyl (C=O) groups excluding carboxylic acids is 1. The van der Waals surface area contributed by atoms with Crippen molar-refractivity contribution in [3.8, 4) is 0 Å². The normalized spacial score (nSPS) is 56.4. The second kappa shape index (κ2) is 1.92. The van der Waals surface area contributed by atoms with E-state index in [2.05, 4.69) is 0 Å². The molecule has 3 saturated carbocycles. The van der Waals surface area contributed by atoms with Gasteiger partial charge in [-0.3, -0.25) is 4.79 Å². The van der Waals surface area contributed by atoms with Crippen molar-refractivity contribution in [2.45, 2.75) is 38.2 Å². The average Bonchev–Trinajstić information content (AvgIpc) is 2.55. The van der Waals surface area contributed by atoms with Gasteiger partial charge >= 0.3 is 0 Å². The molecule has 0 amide bonds. The minimum Gasteiger partial charge on any atom is -0.393 e. The van der Waals surface area contributed by atoms with Crippen LogP contribution in [-0.4, -0.2) is 17.0 Å². The molecule has 0 bridgehead atoms. The third-order valence-electron chi connectivity index (χ3n) is 4.44. The standard InChI is InChI=1S/C10H14O2/c11-8-4-6-5-9(12)10(6)3-1-2-7(8)10/h6-8,11H,1-5H2/t6-,7+,8-,10+/m1/s1. The fourth-order valence-electron chi connectivity index (χ4n) is 3.89. The molecule has 0 saturated heterocycles. The topological polar surface area (TPSA) is 37.3 Å². The number of aliphatic hydroxyl groups is 1. The number of Topliss-reactive ketones (excluding diaryl/α,β-unsaturated/α-hetero) is 1. The molecule has 3 rings (SSSR count). The van der Waals surface area contributed by atoms with Crippen molar-refractivity contribution in [1.82, 2.24) is 0 Å². The first-order chi connectivity index (χ1) is 5.75. The Morgan fingerprint density at radius 2 is 2.33 bits per heavy atom. The molecule has 0 aromatic rings. The van der Waals surface area contributed by atoms with Gasteiger partial charge in [0, 0.05) is 11.8 Å². The van der Waals surface area contributed by atoms with Gasteiger partial charge in [0.15, 0.2) is 0 Å². The highest BCUT2D eigenvalue weighted by Gasteiger charge is 2.66. The molecule has 1 N–H and O–H groups in total. The van der Waals surface area contributed by atoms with E-state index in [9.17, 15) is 9.90 Å². The molecule has 12 heavy (non-hydrogen) atoms. The lowest BCUT2D eigenvalue weighted by Crippen LogP contribution is -2.48. The molecule has 66 valence electrons. The predicted molar refractivity (Wildman–Crippen MR) is 43.5 cm³/mol. The van der Waals surface area contributed by atoms with Gasteiger partial charge in [-0.25, -0.2) is 0 Å². The number of hydrogen-bond acceptors (Lipinski definition) is 2. The van der Waals surface area contributed by atoms with Crippen LogP contribution in [0.4, 0.5) is 0 Å². The predicted octanol–water partition coefficient (Wildman–Crippen LogP) is 1.13. The number of carbonyl (C=O) groups is 1. The van der Waals surface area contributed by atoms with Crippen LogP contribution in [0.15, 0.2) is 0 Å². The fraction of sp³-hybridized carbons (Fsp3) is 0.900. The van der Waals surface area contributed by atoms with Crippen LogP contribution in [0, 0.1) is 17.3 Å². The van der Waals surface area contributed by atoms with E-state index in [4.69, 9.17) is 0 Å². The van der Waals surface area contributed by atoms with Gasteiger partial charge in [-0.05, 0) is 31.1 Å². The van der Waals surface area contributed by atoms with E-state index >= 15 is 0 Å². The van der Waals surface area contributed by atoms with Gasteiger partial charge in [0.25, 0.3) is 0 Å². The van der Waals surface area contributed by atoms with Crippen LogP contribution in [0.1, 0.15) is 32.1 Å². The number of aliphatic hydroxyl groups excluding tert-OH is 1. The average molecular weight is 166 g/mol. The van der Waals surface area contributed by atoms with E-state index in [1.165, 1.54) is 0 Å². The van der Waals surface area contributed by atoms with Gasteiger partial charge in [0.05, 0.1) is 6.10 Å². The molecule has 0 aliphatic heterocycles. The zero-order valence-electron chi connectivity index (χ0n) is 7.12. The summed E-state index contributed by atoms with van der Waals surface area (Å²) in [5.74, 6) is 1.34. The highest BCUT2D eigenvalue weighted by molar-refractivity contribution is 5.92. The van der Waals surface area contributed by atoms with Crippen molar-refractivity contribution in [3.63, 3.8) is 0 Å². The first kappa shape index (κ1) is 7.07. The monoisotopic (exact) mass is 166 g/mol. The first-order valence-electron chi connectivity index (χ1n) is 4.96. The molecule has 4 atom stereocenters. The molecular formula is C10H14O2. The molecule has 3 aliphatic carbocycles. The van der Waals surface area contributed by atoms with Gasteiger partial charge in [-0.2, -0.15) is 0 Å². The molecule has 0 radical (unpaired) electrons. The lowest BCUT2D eigenvalue weighted by molar-refractivity contribution is -0.145. The van der Waals surface area contributed by atoms with Gasteiger partial charge in [-0.1, -0.05) is 6.42 Å². The summed E-state index contributed by atoms with van der Waals surface area (Å²) in [5, 5.41) is 9.74. The van der Waals surface area contributed by atoms with E-state index in [0.29, 0.717) is 17.6 Å². The molecule has 3 fully saturated rings. The van der Waals surface area contributed by atoms with Crippen molar-refractivity contribution in [3.05, 3.63) is 0 Å². The van der Waals surface area contributed by atoms with Gasteiger partial charge < -0.3 is 5.11 Å². The lowest BCUT2D eigenvalue weighted by atomic mass is 9.58. The van der Waals surface area contributed by atoms with Gasteiger partial charge in [0.2, 0.25) is 0 Å². The second-order valence-corrected chi connectivity index (χ2v) is 4.67. The van der Waals surface area contributed by atoms with Crippen LogP contribution in [0.5, 0.6) is 0 Å². The highest BCUT2D eigenvalue weighted by atomic mass is 16.3. The first-order valence-corrected chi connectivity index (χ1v) is 4.96. The highest BCUT2D eigenvalue weighted by Crippen LogP contribution is 2.65. The van der Waals surface area contributed by atoms with Crippen LogP contribution in [0.25, 0.3) is 0 Å². The number of hydrogen-bond donors (Lipinski definition) is 1. The van der Waals surface area contributed by atoms with E-state index in [1.54, 1.807) is 0 Å². The zero-order valence-corrected chi connectivity index (χ0v) is 7.12. The third kappa shape index (κ3) is 0.535. The Bertz CT molecular complexity index is 248. The molecule has 0 aromatic heterocycles. The van der Waals surface area contributed by atoms with Crippen LogP contribution >= 0.6 is 0 Å². The Morgan fingerprint density at radius 1 is 1.50 bits per heavy atom. The van der Waals surface area contributed by atoms with Crippen molar-refractivity contribution in [2.75, 3.05) is 0 Å². The number of rotatable bonds is 0. The van der Waals surface area contributed by atoms with Crippen LogP contribution in [0.3, 0.4) is 0 Å². The van der Waals surface area contributed by atoms with E-state index < -0.39 is 0 Å². The summed E-state index contributed by atoms with van der Waals surface area (Å²) < 4.78 is 0.